The van der Waals surface area contributed by atoms with Gasteiger partial charge in [-0.05, 0) is 51.8 Å². The number of hydrogen-bond acceptors (Lipinski definition) is 4. The van der Waals surface area contributed by atoms with E-state index in [2.05, 4.69) is 41.8 Å². The molecule has 5 nitrogen and oxygen atoms in total. The molecule has 0 spiro atoms. The lowest BCUT2D eigenvalue weighted by atomic mass is 10.1. The number of benzene rings is 1. The highest BCUT2D eigenvalue weighted by Crippen LogP contribution is 2.33. The molecule has 1 fully saturated rings. The van der Waals surface area contributed by atoms with E-state index in [1.54, 1.807) is 0 Å². The zero-order valence-corrected chi connectivity index (χ0v) is 16.2. The Morgan fingerprint density at radius 2 is 1.76 bits per heavy atom. The highest BCUT2D eigenvalue weighted by Gasteiger charge is 2.31. The van der Waals surface area contributed by atoms with Gasteiger partial charge in [0.1, 0.15) is 5.60 Å². The average molecular weight is 345 g/mol. The van der Waals surface area contributed by atoms with Crippen molar-refractivity contribution in [2.24, 2.45) is 0 Å². The van der Waals surface area contributed by atoms with Crippen molar-refractivity contribution in [2.45, 2.75) is 59.4 Å². The fraction of sp³-hybridized carbons (Fsp3) is 0.650. The quantitative estimate of drug-likeness (QED) is 0.822. The molecule has 0 bridgehead atoms. The summed E-state index contributed by atoms with van der Waals surface area (Å²) in [6, 6.07) is 7.05. The SMILES string of the molecule is CC(C)N1CCN(c2cccc3c2CN(C(=O)OC(C)(C)C)C3)CC1. The summed E-state index contributed by atoms with van der Waals surface area (Å²) in [6.45, 7) is 15.8. The second-order valence-electron chi connectivity index (χ2n) is 8.37. The number of fused-ring (bicyclic) bond motifs is 1. The fourth-order valence-electron chi connectivity index (χ4n) is 3.64. The predicted octanol–water partition coefficient (Wildman–Crippen LogP) is 3.47. The highest BCUT2D eigenvalue weighted by molar-refractivity contribution is 5.71. The molecule has 1 aromatic rings. The van der Waals surface area contributed by atoms with Crippen LogP contribution in [-0.4, -0.2) is 53.7 Å². The molecule has 0 aromatic heterocycles. The lowest BCUT2D eigenvalue weighted by molar-refractivity contribution is 0.0242. The normalized spacial score (nSPS) is 18.6. The number of amides is 1. The van der Waals surface area contributed by atoms with Crippen molar-refractivity contribution in [2.75, 3.05) is 31.1 Å². The van der Waals surface area contributed by atoms with Gasteiger partial charge in [-0.15, -0.1) is 0 Å². The van der Waals surface area contributed by atoms with Gasteiger partial charge in [0.15, 0.2) is 0 Å². The van der Waals surface area contributed by atoms with Crippen molar-refractivity contribution in [1.29, 1.82) is 0 Å². The Morgan fingerprint density at radius 1 is 1.08 bits per heavy atom. The number of nitrogens with zero attached hydrogens (tertiary/aromatic N) is 3. The molecule has 1 saturated heterocycles. The summed E-state index contributed by atoms with van der Waals surface area (Å²) in [7, 11) is 0. The van der Waals surface area contributed by atoms with Crippen LogP contribution < -0.4 is 4.90 Å². The van der Waals surface area contributed by atoms with E-state index in [0.717, 1.165) is 26.2 Å². The minimum atomic E-state index is -0.456. The zero-order valence-electron chi connectivity index (χ0n) is 16.2. The Hall–Kier alpha value is -1.75. The smallest absolute Gasteiger partial charge is 0.410 e. The standard InChI is InChI=1S/C20H31N3O2/c1-15(2)21-9-11-22(12-10-21)18-8-6-7-16-13-23(14-17(16)18)19(24)25-20(3,4)5/h6-8,15H,9-14H2,1-5H3. The van der Waals surface area contributed by atoms with Crippen molar-refractivity contribution < 1.29 is 9.53 Å². The van der Waals surface area contributed by atoms with Crippen LogP contribution in [0.4, 0.5) is 10.5 Å². The summed E-state index contributed by atoms with van der Waals surface area (Å²) in [5.41, 5.74) is 3.36. The topological polar surface area (TPSA) is 36.0 Å². The fourth-order valence-corrected chi connectivity index (χ4v) is 3.64. The van der Waals surface area contributed by atoms with Gasteiger partial charge in [-0.25, -0.2) is 4.79 Å². The van der Waals surface area contributed by atoms with E-state index in [0.29, 0.717) is 19.1 Å². The van der Waals surface area contributed by atoms with E-state index in [4.69, 9.17) is 4.74 Å². The van der Waals surface area contributed by atoms with Crippen LogP contribution in [0.3, 0.4) is 0 Å². The van der Waals surface area contributed by atoms with Gasteiger partial charge < -0.3 is 9.64 Å². The first-order valence-corrected chi connectivity index (χ1v) is 9.32. The van der Waals surface area contributed by atoms with Crippen LogP contribution in [0.15, 0.2) is 18.2 Å². The average Bonchev–Trinajstić information content (AvgIpc) is 2.97. The molecular weight excluding hydrogens is 314 g/mol. The largest absolute Gasteiger partial charge is 0.444 e. The number of hydrogen-bond donors (Lipinski definition) is 0. The summed E-state index contributed by atoms with van der Waals surface area (Å²) in [5, 5.41) is 0. The van der Waals surface area contributed by atoms with Gasteiger partial charge in [-0.3, -0.25) is 9.80 Å². The Labute approximate surface area is 151 Å². The Bertz CT molecular complexity index is 628. The van der Waals surface area contributed by atoms with E-state index < -0.39 is 5.60 Å². The van der Waals surface area contributed by atoms with Crippen LogP contribution >= 0.6 is 0 Å². The molecule has 1 amide bonds. The lowest BCUT2D eigenvalue weighted by Gasteiger charge is -2.38. The highest BCUT2D eigenvalue weighted by atomic mass is 16.6. The van der Waals surface area contributed by atoms with Crippen LogP contribution in [-0.2, 0) is 17.8 Å². The van der Waals surface area contributed by atoms with Gasteiger partial charge in [-0.2, -0.15) is 0 Å². The molecule has 2 heterocycles. The van der Waals surface area contributed by atoms with Crippen molar-refractivity contribution in [3.05, 3.63) is 29.3 Å². The first-order chi connectivity index (χ1) is 11.7. The van der Waals surface area contributed by atoms with Crippen molar-refractivity contribution in [1.82, 2.24) is 9.80 Å². The molecule has 0 saturated carbocycles. The van der Waals surface area contributed by atoms with Crippen LogP contribution in [0.2, 0.25) is 0 Å². The third-order valence-electron chi connectivity index (χ3n) is 5.00. The van der Waals surface area contributed by atoms with Gasteiger partial charge in [-0.1, -0.05) is 12.1 Å². The number of piperazine rings is 1. The molecule has 2 aliphatic rings. The first kappa shape index (κ1) is 18.1. The van der Waals surface area contributed by atoms with Gasteiger partial charge in [0.05, 0.1) is 6.54 Å². The van der Waals surface area contributed by atoms with Crippen molar-refractivity contribution in [3.63, 3.8) is 0 Å². The summed E-state index contributed by atoms with van der Waals surface area (Å²) in [4.78, 5) is 19.2. The summed E-state index contributed by atoms with van der Waals surface area (Å²) >= 11 is 0. The lowest BCUT2D eigenvalue weighted by Crippen LogP contribution is -2.49. The maximum atomic E-state index is 12.4. The molecule has 0 aliphatic carbocycles. The Morgan fingerprint density at radius 3 is 2.36 bits per heavy atom. The second kappa shape index (κ2) is 6.87. The molecular formula is C20H31N3O2. The molecule has 0 radical (unpaired) electrons. The third kappa shape index (κ3) is 4.09. The Kier molecular flexibility index (Phi) is 4.96. The van der Waals surface area contributed by atoms with Crippen LogP contribution in [0, 0.1) is 0 Å². The third-order valence-corrected chi connectivity index (χ3v) is 5.00. The van der Waals surface area contributed by atoms with E-state index in [-0.39, 0.29) is 6.09 Å². The van der Waals surface area contributed by atoms with Gasteiger partial charge >= 0.3 is 6.09 Å². The van der Waals surface area contributed by atoms with E-state index >= 15 is 0 Å². The molecule has 3 rings (SSSR count). The van der Waals surface area contributed by atoms with Gasteiger partial charge in [0.25, 0.3) is 0 Å². The van der Waals surface area contributed by atoms with Crippen LogP contribution in [0.5, 0.6) is 0 Å². The summed E-state index contributed by atoms with van der Waals surface area (Å²) < 4.78 is 5.55. The number of rotatable bonds is 2. The number of anilines is 1. The second-order valence-corrected chi connectivity index (χ2v) is 8.37. The van der Waals surface area contributed by atoms with Crippen molar-refractivity contribution in [3.8, 4) is 0 Å². The molecule has 0 N–H and O–H groups in total. The molecule has 1 aromatic carbocycles. The van der Waals surface area contributed by atoms with Crippen LogP contribution in [0.25, 0.3) is 0 Å². The molecule has 0 atom stereocenters. The molecule has 25 heavy (non-hydrogen) atoms. The molecule has 5 heteroatoms. The van der Waals surface area contributed by atoms with Gasteiger partial charge in [0, 0.05) is 44.5 Å². The Balaban J connectivity index is 1.71. The monoisotopic (exact) mass is 345 g/mol. The predicted molar refractivity (Wildman–Crippen MR) is 101 cm³/mol. The summed E-state index contributed by atoms with van der Waals surface area (Å²) in [5.74, 6) is 0. The zero-order chi connectivity index (χ0) is 18.2. The summed E-state index contributed by atoms with van der Waals surface area (Å²) in [6.07, 6.45) is -0.223. The van der Waals surface area contributed by atoms with E-state index in [1.807, 2.05) is 25.7 Å². The van der Waals surface area contributed by atoms with E-state index in [1.165, 1.54) is 16.8 Å². The molecule has 138 valence electrons. The number of carbonyl (C=O) groups is 1. The maximum absolute atomic E-state index is 12.4. The first-order valence-electron chi connectivity index (χ1n) is 9.32. The minimum absolute atomic E-state index is 0.223. The molecule has 2 aliphatic heterocycles. The van der Waals surface area contributed by atoms with Gasteiger partial charge in [0.2, 0.25) is 0 Å². The minimum Gasteiger partial charge on any atom is -0.444 e. The number of carbonyl (C=O) groups excluding carboxylic acids is 1. The van der Waals surface area contributed by atoms with E-state index in [9.17, 15) is 4.79 Å². The van der Waals surface area contributed by atoms with Crippen LogP contribution in [0.1, 0.15) is 45.7 Å². The maximum Gasteiger partial charge on any atom is 0.410 e. The molecule has 0 unspecified atom stereocenters. The van der Waals surface area contributed by atoms with Crippen molar-refractivity contribution >= 4 is 11.8 Å². The number of ether oxygens (including phenoxy) is 1.